The number of benzene rings is 1. The molecule has 1 N–H and O–H groups in total. The maximum atomic E-state index is 3.44. The molecule has 1 unspecified atom stereocenters. The van der Waals surface area contributed by atoms with E-state index in [0.717, 1.165) is 12.5 Å². The third-order valence-electron chi connectivity index (χ3n) is 2.92. The van der Waals surface area contributed by atoms with Gasteiger partial charge >= 0.3 is 0 Å². The minimum Gasteiger partial charge on any atom is -0.385 e. The van der Waals surface area contributed by atoms with E-state index in [4.69, 9.17) is 0 Å². The quantitative estimate of drug-likeness (QED) is 0.654. The van der Waals surface area contributed by atoms with Gasteiger partial charge in [0.15, 0.2) is 0 Å². The maximum absolute atomic E-state index is 3.44. The van der Waals surface area contributed by atoms with Gasteiger partial charge in [0, 0.05) is 12.2 Å². The molecule has 0 aliphatic heterocycles. The van der Waals surface area contributed by atoms with Crippen LogP contribution in [-0.4, -0.2) is 6.54 Å². The van der Waals surface area contributed by atoms with Crippen molar-refractivity contribution in [3.05, 3.63) is 30.3 Å². The second kappa shape index (κ2) is 7.33. The SMILES string of the molecule is CCC(C)CCCCNc1ccccc1. The Bertz CT molecular complexity index is 243. The predicted octanol–water partition coefficient (Wildman–Crippen LogP) is 4.31. The molecule has 1 rings (SSSR count). The minimum absolute atomic E-state index is 0.890. The highest BCUT2D eigenvalue weighted by Gasteiger charge is 1.97. The molecular weight excluding hydrogens is 182 g/mol. The van der Waals surface area contributed by atoms with E-state index in [0.29, 0.717) is 0 Å². The molecule has 1 aromatic carbocycles. The molecular formula is C14H23N. The molecule has 1 atom stereocenters. The van der Waals surface area contributed by atoms with E-state index in [1.807, 2.05) is 6.07 Å². The standard InChI is InChI=1S/C14H23N/c1-3-13(2)9-7-8-12-15-14-10-5-4-6-11-14/h4-6,10-11,13,15H,3,7-9,12H2,1-2H3. The molecule has 1 nitrogen and oxygen atoms in total. The zero-order chi connectivity index (χ0) is 10.9. The number of nitrogens with one attached hydrogen (secondary N) is 1. The first-order valence-corrected chi connectivity index (χ1v) is 6.12. The molecule has 0 saturated heterocycles. The number of anilines is 1. The van der Waals surface area contributed by atoms with Crippen molar-refractivity contribution in [2.75, 3.05) is 11.9 Å². The van der Waals surface area contributed by atoms with Crippen LogP contribution in [0.15, 0.2) is 30.3 Å². The lowest BCUT2D eigenvalue weighted by atomic mass is 10.0. The Morgan fingerprint density at radius 1 is 1.13 bits per heavy atom. The lowest BCUT2D eigenvalue weighted by molar-refractivity contribution is 0.489. The van der Waals surface area contributed by atoms with Crippen molar-refractivity contribution in [2.24, 2.45) is 5.92 Å². The van der Waals surface area contributed by atoms with Crippen LogP contribution in [0, 0.1) is 5.92 Å². The van der Waals surface area contributed by atoms with Gasteiger partial charge in [-0.15, -0.1) is 0 Å². The smallest absolute Gasteiger partial charge is 0.0340 e. The fraction of sp³-hybridized carbons (Fsp3) is 0.571. The average Bonchev–Trinajstić information content (AvgIpc) is 2.29. The highest BCUT2D eigenvalue weighted by molar-refractivity contribution is 5.42. The van der Waals surface area contributed by atoms with Crippen molar-refractivity contribution in [1.29, 1.82) is 0 Å². The molecule has 0 aromatic heterocycles. The summed E-state index contributed by atoms with van der Waals surface area (Å²) in [6, 6.07) is 10.4. The normalized spacial score (nSPS) is 12.4. The molecule has 0 spiro atoms. The van der Waals surface area contributed by atoms with Gasteiger partial charge in [-0.05, 0) is 24.5 Å². The summed E-state index contributed by atoms with van der Waals surface area (Å²) in [4.78, 5) is 0. The Kier molecular flexibility index (Phi) is 5.91. The molecule has 0 amide bonds. The van der Waals surface area contributed by atoms with Crippen LogP contribution in [0.2, 0.25) is 0 Å². The molecule has 15 heavy (non-hydrogen) atoms. The molecule has 0 saturated carbocycles. The topological polar surface area (TPSA) is 12.0 Å². The first kappa shape index (κ1) is 12.1. The Morgan fingerprint density at radius 2 is 1.87 bits per heavy atom. The largest absolute Gasteiger partial charge is 0.385 e. The third-order valence-corrected chi connectivity index (χ3v) is 2.92. The van der Waals surface area contributed by atoms with Gasteiger partial charge in [0.2, 0.25) is 0 Å². The Morgan fingerprint density at radius 3 is 2.53 bits per heavy atom. The van der Waals surface area contributed by atoms with Gasteiger partial charge in [-0.1, -0.05) is 51.3 Å². The first-order chi connectivity index (χ1) is 7.33. The van der Waals surface area contributed by atoms with Crippen LogP contribution in [0.4, 0.5) is 5.69 Å². The zero-order valence-electron chi connectivity index (χ0n) is 10.00. The number of unbranched alkanes of at least 4 members (excludes halogenated alkanes) is 1. The Balaban J connectivity index is 2.03. The van der Waals surface area contributed by atoms with Crippen molar-refractivity contribution < 1.29 is 0 Å². The van der Waals surface area contributed by atoms with Gasteiger partial charge in [0.25, 0.3) is 0 Å². The number of para-hydroxylation sites is 1. The number of rotatable bonds is 7. The fourth-order valence-corrected chi connectivity index (χ4v) is 1.61. The lowest BCUT2D eigenvalue weighted by Gasteiger charge is -2.09. The van der Waals surface area contributed by atoms with Crippen molar-refractivity contribution in [3.63, 3.8) is 0 Å². The van der Waals surface area contributed by atoms with Crippen molar-refractivity contribution in [3.8, 4) is 0 Å². The summed E-state index contributed by atoms with van der Waals surface area (Å²) < 4.78 is 0. The van der Waals surface area contributed by atoms with Crippen LogP contribution in [0.25, 0.3) is 0 Å². The van der Waals surface area contributed by atoms with Crippen LogP contribution in [0.1, 0.15) is 39.5 Å². The van der Waals surface area contributed by atoms with Crippen LogP contribution in [0.5, 0.6) is 0 Å². The number of hydrogen-bond donors (Lipinski definition) is 1. The first-order valence-electron chi connectivity index (χ1n) is 6.12. The number of hydrogen-bond acceptors (Lipinski definition) is 1. The van der Waals surface area contributed by atoms with Crippen LogP contribution in [0.3, 0.4) is 0 Å². The second-order valence-corrected chi connectivity index (χ2v) is 4.30. The summed E-state index contributed by atoms with van der Waals surface area (Å²) >= 11 is 0. The summed E-state index contributed by atoms with van der Waals surface area (Å²) in [5.74, 6) is 0.890. The third kappa shape index (κ3) is 5.46. The van der Waals surface area contributed by atoms with E-state index in [9.17, 15) is 0 Å². The van der Waals surface area contributed by atoms with Gasteiger partial charge in [0.05, 0.1) is 0 Å². The van der Waals surface area contributed by atoms with Gasteiger partial charge in [-0.3, -0.25) is 0 Å². The van der Waals surface area contributed by atoms with E-state index < -0.39 is 0 Å². The van der Waals surface area contributed by atoms with Gasteiger partial charge in [0.1, 0.15) is 0 Å². The van der Waals surface area contributed by atoms with E-state index in [1.54, 1.807) is 0 Å². The van der Waals surface area contributed by atoms with Crippen molar-refractivity contribution >= 4 is 5.69 Å². The highest BCUT2D eigenvalue weighted by Crippen LogP contribution is 2.11. The molecule has 84 valence electrons. The molecule has 1 heteroatoms. The Hall–Kier alpha value is -0.980. The van der Waals surface area contributed by atoms with E-state index in [-0.39, 0.29) is 0 Å². The summed E-state index contributed by atoms with van der Waals surface area (Å²) in [5, 5.41) is 3.44. The molecule has 0 aliphatic carbocycles. The minimum atomic E-state index is 0.890. The molecule has 0 bridgehead atoms. The highest BCUT2D eigenvalue weighted by atomic mass is 14.9. The van der Waals surface area contributed by atoms with Gasteiger partial charge in [-0.2, -0.15) is 0 Å². The fourth-order valence-electron chi connectivity index (χ4n) is 1.61. The summed E-state index contributed by atoms with van der Waals surface area (Å²) in [7, 11) is 0. The molecule has 0 heterocycles. The van der Waals surface area contributed by atoms with Gasteiger partial charge in [-0.25, -0.2) is 0 Å². The molecule has 1 aromatic rings. The molecule has 0 fully saturated rings. The summed E-state index contributed by atoms with van der Waals surface area (Å²) in [6.45, 7) is 5.71. The molecule has 0 radical (unpaired) electrons. The van der Waals surface area contributed by atoms with Crippen molar-refractivity contribution in [1.82, 2.24) is 0 Å². The summed E-state index contributed by atoms with van der Waals surface area (Å²) in [6.07, 6.45) is 5.30. The summed E-state index contributed by atoms with van der Waals surface area (Å²) in [5.41, 5.74) is 1.24. The van der Waals surface area contributed by atoms with Crippen LogP contribution < -0.4 is 5.32 Å². The van der Waals surface area contributed by atoms with Crippen molar-refractivity contribution in [2.45, 2.75) is 39.5 Å². The average molecular weight is 205 g/mol. The second-order valence-electron chi connectivity index (χ2n) is 4.30. The Labute approximate surface area is 93.9 Å². The molecule has 0 aliphatic rings. The van der Waals surface area contributed by atoms with E-state index in [2.05, 4.69) is 43.4 Å². The van der Waals surface area contributed by atoms with Crippen LogP contribution in [-0.2, 0) is 0 Å². The van der Waals surface area contributed by atoms with E-state index >= 15 is 0 Å². The maximum Gasteiger partial charge on any atom is 0.0340 e. The predicted molar refractivity (Wildman–Crippen MR) is 68.2 cm³/mol. The monoisotopic (exact) mass is 205 g/mol. The lowest BCUT2D eigenvalue weighted by Crippen LogP contribution is -2.02. The van der Waals surface area contributed by atoms with E-state index in [1.165, 1.54) is 31.4 Å². The van der Waals surface area contributed by atoms with Gasteiger partial charge < -0.3 is 5.32 Å². The van der Waals surface area contributed by atoms with Crippen LogP contribution >= 0.6 is 0 Å². The zero-order valence-corrected chi connectivity index (χ0v) is 10.00.